The molecule has 7 aliphatic heterocycles. The van der Waals surface area contributed by atoms with Crippen LogP contribution in [0.1, 0.15) is 47.1 Å². The Morgan fingerprint density at radius 2 is 2.02 bits per heavy atom. The molecule has 8 atom stereocenters. The van der Waals surface area contributed by atoms with E-state index in [1.807, 2.05) is 18.2 Å². The molecule has 0 spiro atoms. The summed E-state index contributed by atoms with van der Waals surface area (Å²) in [5, 5.41) is 44.8. The Hall–Kier alpha value is -5.11. The van der Waals surface area contributed by atoms with Crippen molar-refractivity contribution in [1.82, 2.24) is 0 Å². The number of carbonyl (C=O) groups is 2. The number of nitrogens with zero attached hydrogens (tertiary/aromatic N) is 1. The van der Waals surface area contributed by atoms with Crippen LogP contribution in [0.5, 0.6) is 28.7 Å². The van der Waals surface area contributed by atoms with Crippen LogP contribution in [0.25, 0.3) is 0 Å². The summed E-state index contributed by atoms with van der Waals surface area (Å²) in [6, 6.07) is 5.41. The third-order valence-corrected chi connectivity index (χ3v) is 10.1. The molecule has 1 saturated heterocycles. The van der Waals surface area contributed by atoms with E-state index in [1.165, 1.54) is 0 Å². The number of aliphatic imine (C=N–C) groups is 1. The molecular formula is C36H34N2O13. The number of aliphatic hydroxyl groups is 3. The highest BCUT2D eigenvalue weighted by Crippen LogP contribution is 2.57. The van der Waals surface area contributed by atoms with E-state index < -0.39 is 67.7 Å². The van der Waals surface area contributed by atoms with Crippen molar-refractivity contribution in [2.75, 3.05) is 34.0 Å². The number of carbonyl (C=O) groups excluding carboxylic acids is 2. The Morgan fingerprint density at radius 1 is 1.18 bits per heavy atom. The lowest BCUT2D eigenvalue weighted by Crippen LogP contribution is -3.05. The molecule has 0 aliphatic carbocycles. The average Bonchev–Trinajstić information content (AvgIpc) is 3.81. The summed E-state index contributed by atoms with van der Waals surface area (Å²) in [5.41, 5.74) is 2.60. The van der Waals surface area contributed by atoms with Gasteiger partial charge in [-0.2, -0.15) is 0 Å². The predicted molar refractivity (Wildman–Crippen MR) is 170 cm³/mol. The number of ether oxygens (including phenoxy) is 7. The maximum absolute atomic E-state index is 12.0. The van der Waals surface area contributed by atoms with Gasteiger partial charge in [-0.15, -0.1) is 0 Å². The van der Waals surface area contributed by atoms with E-state index in [9.17, 15) is 30.0 Å². The van der Waals surface area contributed by atoms with Gasteiger partial charge in [0, 0.05) is 35.4 Å². The normalized spacial score (nSPS) is 30.3. The maximum atomic E-state index is 12.0. The number of hydrogen-bond acceptors (Lipinski definition) is 14. The summed E-state index contributed by atoms with van der Waals surface area (Å²) < 4.78 is 41.6. The van der Waals surface area contributed by atoms with Crippen LogP contribution in [-0.2, 0) is 25.6 Å². The van der Waals surface area contributed by atoms with Crippen LogP contribution in [0, 0.1) is 11.8 Å². The number of aliphatic hydroxyl groups excluding tert-OH is 2. The van der Waals surface area contributed by atoms with E-state index in [-0.39, 0.29) is 18.3 Å². The molecule has 4 N–H and O–H groups in total. The predicted octanol–water partition coefficient (Wildman–Crippen LogP) is -1.44. The molecule has 2 bridgehead atoms. The molecule has 7 heterocycles. The van der Waals surface area contributed by atoms with Gasteiger partial charge < -0.3 is 58.4 Å². The van der Waals surface area contributed by atoms with Crippen molar-refractivity contribution < 1.29 is 68.1 Å². The minimum absolute atomic E-state index is 0.185. The van der Waals surface area contributed by atoms with Crippen LogP contribution in [0.2, 0.25) is 0 Å². The first kappa shape index (κ1) is 33.1. The highest BCUT2D eigenvalue weighted by molar-refractivity contribution is 6.06. The zero-order valence-electron chi connectivity index (χ0n) is 27.5. The monoisotopic (exact) mass is 702 g/mol. The Labute approximate surface area is 291 Å². The molecule has 2 aromatic rings. The number of nitrogens with one attached hydrogen (secondary N) is 1. The van der Waals surface area contributed by atoms with Crippen molar-refractivity contribution in [3.8, 4) is 40.6 Å². The first-order valence-corrected chi connectivity index (χ1v) is 16.4. The van der Waals surface area contributed by atoms with Crippen LogP contribution in [-0.4, -0.2) is 97.2 Å². The lowest BCUT2D eigenvalue weighted by atomic mass is 9.81. The Bertz CT molecular complexity index is 1980. The highest BCUT2D eigenvalue weighted by atomic mass is 16.7. The topological polar surface area (TPSA) is 199 Å². The maximum Gasteiger partial charge on any atom is 0.311 e. The van der Waals surface area contributed by atoms with E-state index in [0.717, 1.165) is 32.9 Å². The van der Waals surface area contributed by atoms with E-state index in [0.29, 0.717) is 41.7 Å². The van der Waals surface area contributed by atoms with E-state index in [4.69, 9.17) is 33.2 Å². The number of methoxy groups -OCH3 is 2. The van der Waals surface area contributed by atoms with Gasteiger partial charge in [0.15, 0.2) is 11.5 Å². The summed E-state index contributed by atoms with van der Waals surface area (Å²) in [7, 11) is 3.11. The molecule has 0 radical (unpaired) electrons. The summed E-state index contributed by atoms with van der Waals surface area (Å²) in [6.45, 7) is 0.634. The van der Waals surface area contributed by atoms with Crippen LogP contribution < -0.4 is 33.7 Å². The van der Waals surface area contributed by atoms with Gasteiger partial charge in [-0.1, -0.05) is 17.9 Å². The summed E-state index contributed by atoms with van der Waals surface area (Å²) >= 11 is 0. The van der Waals surface area contributed by atoms with Crippen molar-refractivity contribution in [3.05, 3.63) is 64.5 Å². The van der Waals surface area contributed by atoms with Gasteiger partial charge in [-0.05, 0) is 12.1 Å². The molecule has 51 heavy (non-hydrogen) atoms. The Balaban J connectivity index is 1.22. The van der Waals surface area contributed by atoms with Crippen molar-refractivity contribution in [2.24, 2.45) is 4.99 Å². The van der Waals surface area contributed by atoms with Crippen LogP contribution >= 0.6 is 0 Å². The molecule has 2 aromatic carbocycles. The molecule has 0 saturated carbocycles. The number of esters is 1. The zero-order valence-corrected chi connectivity index (χ0v) is 27.5. The van der Waals surface area contributed by atoms with Gasteiger partial charge >= 0.3 is 5.97 Å². The number of benzene rings is 2. The highest BCUT2D eigenvalue weighted by Gasteiger charge is 2.56. The minimum atomic E-state index is -2.23. The second kappa shape index (κ2) is 12.6. The second-order valence-corrected chi connectivity index (χ2v) is 13.1. The molecule has 0 amide bonds. The largest absolute Gasteiger partial charge is 0.550 e. The number of fused-ring (bicyclic) bond motifs is 9. The first-order valence-electron chi connectivity index (χ1n) is 16.4. The van der Waals surface area contributed by atoms with Crippen molar-refractivity contribution >= 4 is 17.7 Å². The van der Waals surface area contributed by atoms with Gasteiger partial charge in [0.2, 0.25) is 12.0 Å². The summed E-state index contributed by atoms with van der Waals surface area (Å²) in [6.07, 6.45) is -2.72. The second-order valence-electron chi connectivity index (χ2n) is 13.1. The lowest BCUT2D eigenvalue weighted by molar-refractivity contribution is -0.848. The third kappa shape index (κ3) is 5.47. The SMILES string of the molecule is COc1ccc2c(c1OC)OC1c3c(cc4c(c3C[NH+]3C=C5C=CN=C5C3)C#CCC3(O)C(COC(=O)CC(=O)[O-])OC(O4)C(O)C3O)OCC21. The summed E-state index contributed by atoms with van der Waals surface area (Å²) in [4.78, 5) is 28.4. The van der Waals surface area contributed by atoms with Gasteiger partial charge in [-0.3, -0.25) is 14.7 Å². The Kier molecular flexibility index (Phi) is 8.16. The first-order chi connectivity index (χ1) is 24.6. The lowest BCUT2D eigenvalue weighted by Gasteiger charge is -2.47. The van der Waals surface area contributed by atoms with Gasteiger partial charge in [0.1, 0.15) is 73.1 Å². The van der Waals surface area contributed by atoms with Gasteiger partial charge in [-0.25, -0.2) is 0 Å². The molecule has 1 fully saturated rings. The fourth-order valence-corrected chi connectivity index (χ4v) is 7.58. The van der Waals surface area contributed by atoms with Crippen molar-refractivity contribution in [3.63, 3.8) is 0 Å². The van der Waals surface area contributed by atoms with E-state index in [1.54, 1.807) is 26.5 Å². The zero-order chi connectivity index (χ0) is 35.6. The number of aliphatic carboxylic acids is 1. The molecule has 0 aromatic heterocycles. The van der Waals surface area contributed by atoms with Crippen molar-refractivity contribution in [2.45, 2.75) is 61.6 Å². The number of carboxylic acids is 1. The van der Waals surface area contributed by atoms with E-state index in [2.05, 4.69) is 23.0 Å². The smallest absolute Gasteiger partial charge is 0.311 e. The fourth-order valence-electron chi connectivity index (χ4n) is 7.58. The van der Waals surface area contributed by atoms with Gasteiger partial charge in [0.25, 0.3) is 0 Å². The molecule has 7 aliphatic rings. The third-order valence-electron chi connectivity index (χ3n) is 10.1. The van der Waals surface area contributed by atoms with Crippen LogP contribution in [0.4, 0.5) is 0 Å². The molecule has 266 valence electrons. The van der Waals surface area contributed by atoms with Crippen LogP contribution in [0.3, 0.4) is 0 Å². The number of allylic oxidation sites excluding steroid dienone is 1. The Morgan fingerprint density at radius 3 is 2.78 bits per heavy atom. The number of hydrogen-bond donors (Lipinski definition) is 4. The summed E-state index contributed by atoms with van der Waals surface area (Å²) in [5.74, 6) is 5.32. The molecule has 15 nitrogen and oxygen atoms in total. The standard InChI is InChI=1S/C36H34N2O13/c1-45-23-6-5-19-21-15-47-25-10-24-18(4-3-8-36(44)26(16-48-28(41)11-27(39)40)50-35(49-24)30(42)34(36)43)20(13-38-12-17-7-9-37-22(17)14-38)29(25)31(21)51-32(19)33(23)46-2/h5-7,9-10,12,21,26,30-31,34-35,42-44H,8,11,13-16H2,1-2H3,(H,39,40). The number of quaternary nitrogens is 1. The number of rotatable bonds is 8. The van der Waals surface area contributed by atoms with Gasteiger partial charge in [0.05, 0.1) is 50.3 Å². The number of carboxylic acid groups (broad SMARTS) is 1. The molecule has 8 unspecified atom stereocenters. The van der Waals surface area contributed by atoms with E-state index >= 15 is 0 Å². The van der Waals surface area contributed by atoms with Crippen molar-refractivity contribution in [1.29, 1.82) is 0 Å². The fraction of sp³-hybridized carbons (Fsp3) is 0.417. The molecule has 15 heteroatoms. The molecular weight excluding hydrogens is 668 g/mol. The quantitative estimate of drug-likeness (QED) is 0.142. The minimum Gasteiger partial charge on any atom is -0.550 e. The molecule has 9 rings (SSSR count). The average molecular weight is 703 g/mol. The van der Waals surface area contributed by atoms with Crippen LogP contribution in [0.15, 0.2) is 47.2 Å².